The predicted molar refractivity (Wildman–Crippen MR) is 208 cm³/mol. The van der Waals surface area contributed by atoms with E-state index in [-0.39, 0.29) is 48.2 Å². The van der Waals surface area contributed by atoms with Gasteiger partial charge in [-0.1, -0.05) is 152 Å². The Bertz CT molecular complexity index is 1700. The standard InChI is InChI=1S/C43H48O7PS/c44-51(49-32-39-23-12-4-13-24-39,50-33-40-25-14-5-15-26-40)48-27-16-28-52-35-41(46-30-37-19-8-2-9-20-37)43(47-31-38-21-10-3-11-22-38)42(52)34-45-29-36-17-6-1-7-18-36/h1-15,17-26,41-43H,16,27-35H2/q+1/t41-,42-,43+,52?/m1/s1. The third-order valence-corrected chi connectivity index (χ3v) is 13.0. The first-order valence-corrected chi connectivity index (χ1v) is 20.9. The molecule has 4 atom stereocenters. The van der Waals surface area contributed by atoms with Gasteiger partial charge in [-0.05, 0) is 38.7 Å². The van der Waals surface area contributed by atoms with Crippen molar-refractivity contribution >= 4 is 18.7 Å². The van der Waals surface area contributed by atoms with Gasteiger partial charge in [0.2, 0.25) is 0 Å². The fourth-order valence-corrected chi connectivity index (χ4v) is 10.1. The van der Waals surface area contributed by atoms with E-state index in [0.29, 0.717) is 32.8 Å². The van der Waals surface area contributed by atoms with Gasteiger partial charge >= 0.3 is 7.82 Å². The van der Waals surface area contributed by atoms with Gasteiger partial charge in [-0.25, -0.2) is 4.57 Å². The van der Waals surface area contributed by atoms with E-state index in [2.05, 4.69) is 36.4 Å². The normalized spacial score (nSPS) is 18.8. The van der Waals surface area contributed by atoms with Gasteiger partial charge in [-0.3, -0.25) is 13.6 Å². The zero-order chi connectivity index (χ0) is 35.7. The minimum atomic E-state index is -3.86. The Hall–Kier alpha value is -3.56. The molecule has 0 bridgehead atoms. The van der Waals surface area contributed by atoms with Crippen molar-refractivity contribution in [2.45, 2.75) is 56.9 Å². The van der Waals surface area contributed by atoms with Gasteiger partial charge in [-0.2, -0.15) is 0 Å². The molecule has 0 saturated carbocycles. The summed E-state index contributed by atoms with van der Waals surface area (Å²) in [6.07, 6.45) is 0.411. The molecule has 0 spiro atoms. The molecule has 6 rings (SSSR count). The van der Waals surface area contributed by atoms with E-state index in [9.17, 15) is 4.57 Å². The van der Waals surface area contributed by atoms with E-state index in [0.717, 1.165) is 39.3 Å². The van der Waals surface area contributed by atoms with Crippen LogP contribution in [0.25, 0.3) is 0 Å². The molecule has 7 nitrogen and oxygen atoms in total. The van der Waals surface area contributed by atoms with Crippen LogP contribution >= 0.6 is 7.82 Å². The molecule has 1 unspecified atom stereocenters. The molecule has 5 aromatic carbocycles. The van der Waals surface area contributed by atoms with Gasteiger partial charge in [0.05, 0.1) is 46.2 Å². The largest absolute Gasteiger partial charge is 0.475 e. The van der Waals surface area contributed by atoms with E-state index in [1.165, 1.54) is 0 Å². The number of benzene rings is 5. The smallest absolute Gasteiger partial charge is 0.371 e. The molecular weight excluding hydrogens is 692 g/mol. The van der Waals surface area contributed by atoms with Crippen LogP contribution in [0.1, 0.15) is 34.2 Å². The fraction of sp³-hybridized carbons (Fsp3) is 0.302. The molecule has 1 fully saturated rings. The van der Waals surface area contributed by atoms with Crippen LogP contribution in [-0.2, 0) is 76.3 Å². The molecule has 5 aromatic rings. The Balaban J connectivity index is 1.12. The van der Waals surface area contributed by atoms with E-state index in [4.69, 9.17) is 27.8 Å². The Morgan fingerprint density at radius 3 is 1.42 bits per heavy atom. The maximum absolute atomic E-state index is 13.9. The summed E-state index contributed by atoms with van der Waals surface area (Å²) in [6, 6.07) is 50.0. The highest BCUT2D eigenvalue weighted by atomic mass is 32.2. The van der Waals surface area contributed by atoms with Crippen LogP contribution in [0.2, 0.25) is 0 Å². The van der Waals surface area contributed by atoms with Crippen LogP contribution in [0.5, 0.6) is 0 Å². The van der Waals surface area contributed by atoms with Crippen LogP contribution in [-0.4, -0.2) is 42.2 Å². The highest BCUT2D eigenvalue weighted by Gasteiger charge is 2.52. The lowest BCUT2D eigenvalue weighted by Crippen LogP contribution is -2.39. The number of hydrogen-bond donors (Lipinski definition) is 0. The van der Waals surface area contributed by atoms with Crippen molar-refractivity contribution < 1.29 is 32.3 Å². The average molecular weight is 740 g/mol. The summed E-state index contributed by atoms with van der Waals surface area (Å²) in [5.74, 6) is 1.69. The third-order valence-electron chi connectivity index (χ3n) is 8.79. The van der Waals surface area contributed by atoms with Crippen LogP contribution in [0.4, 0.5) is 0 Å². The number of rotatable bonds is 21. The summed E-state index contributed by atoms with van der Waals surface area (Å²) < 4.78 is 51.4. The van der Waals surface area contributed by atoms with Crippen LogP contribution < -0.4 is 0 Å². The molecule has 0 radical (unpaired) electrons. The maximum Gasteiger partial charge on any atom is 0.475 e. The van der Waals surface area contributed by atoms with Gasteiger partial charge in [0.15, 0.2) is 5.25 Å². The minimum Gasteiger partial charge on any atom is -0.371 e. The molecule has 9 heteroatoms. The van der Waals surface area contributed by atoms with Crippen molar-refractivity contribution in [2.24, 2.45) is 0 Å². The number of phosphoric ester groups is 1. The molecule has 1 aliphatic heterocycles. The van der Waals surface area contributed by atoms with Gasteiger partial charge in [0, 0.05) is 6.42 Å². The molecule has 272 valence electrons. The van der Waals surface area contributed by atoms with Crippen molar-refractivity contribution in [3.63, 3.8) is 0 Å². The Kier molecular flexibility index (Phi) is 15.1. The lowest BCUT2D eigenvalue weighted by molar-refractivity contribution is -0.0768. The van der Waals surface area contributed by atoms with Crippen LogP contribution in [0.15, 0.2) is 152 Å². The summed E-state index contributed by atoms with van der Waals surface area (Å²) in [4.78, 5) is 0. The Morgan fingerprint density at radius 2 is 0.942 bits per heavy atom. The highest BCUT2D eigenvalue weighted by Crippen LogP contribution is 2.51. The van der Waals surface area contributed by atoms with Gasteiger partial charge in [0.1, 0.15) is 23.7 Å². The SMILES string of the molecule is O=P(OCCC[S+]1C[C@@H](OCc2ccccc2)[C@H](OCc2ccccc2)[C@H]1COCc1ccccc1)(OCc1ccccc1)OCc1ccccc1. The molecule has 1 heterocycles. The second kappa shape index (κ2) is 20.6. The van der Waals surface area contributed by atoms with Crippen LogP contribution in [0.3, 0.4) is 0 Å². The number of ether oxygens (including phenoxy) is 3. The van der Waals surface area contributed by atoms with E-state index in [1.807, 2.05) is 115 Å². The van der Waals surface area contributed by atoms with Crippen LogP contribution in [0, 0.1) is 0 Å². The van der Waals surface area contributed by atoms with Crippen molar-refractivity contribution in [1.82, 2.24) is 0 Å². The lowest BCUT2D eigenvalue weighted by atomic mass is 10.1. The van der Waals surface area contributed by atoms with Crippen molar-refractivity contribution in [3.8, 4) is 0 Å². The van der Waals surface area contributed by atoms with E-state index >= 15 is 0 Å². The second-order valence-corrected chi connectivity index (χ2v) is 16.8. The first-order valence-electron chi connectivity index (χ1n) is 17.8. The zero-order valence-corrected chi connectivity index (χ0v) is 31.2. The molecule has 0 aromatic heterocycles. The van der Waals surface area contributed by atoms with E-state index < -0.39 is 7.82 Å². The lowest BCUT2D eigenvalue weighted by Gasteiger charge is -2.22. The average Bonchev–Trinajstić information content (AvgIpc) is 3.54. The minimum absolute atomic E-state index is 0.104. The first-order chi connectivity index (χ1) is 25.6. The Morgan fingerprint density at radius 1 is 0.519 bits per heavy atom. The zero-order valence-electron chi connectivity index (χ0n) is 29.5. The molecule has 0 aliphatic carbocycles. The van der Waals surface area contributed by atoms with E-state index in [1.54, 1.807) is 0 Å². The topological polar surface area (TPSA) is 72.5 Å². The monoisotopic (exact) mass is 739 g/mol. The quantitative estimate of drug-likeness (QED) is 0.0422. The number of phosphoric acid groups is 1. The summed E-state index contributed by atoms with van der Waals surface area (Å²) in [6.45, 7) is 2.55. The summed E-state index contributed by atoms with van der Waals surface area (Å²) in [5, 5.41) is 0.115. The highest BCUT2D eigenvalue weighted by molar-refractivity contribution is 7.97. The van der Waals surface area contributed by atoms with Crippen molar-refractivity contribution in [1.29, 1.82) is 0 Å². The summed E-state index contributed by atoms with van der Waals surface area (Å²) in [5.41, 5.74) is 5.17. The second-order valence-electron chi connectivity index (χ2n) is 12.7. The van der Waals surface area contributed by atoms with Crippen molar-refractivity contribution in [3.05, 3.63) is 179 Å². The predicted octanol–water partition coefficient (Wildman–Crippen LogP) is 9.32. The maximum atomic E-state index is 13.9. The molecule has 0 N–H and O–H groups in total. The van der Waals surface area contributed by atoms with Gasteiger partial charge in [-0.15, -0.1) is 0 Å². The molecule has 1 saturated heterocycles. The number of hydrogen-bond acceptors (Lipinski definition) is 7. The fourth-order valence-electron chi connectivity index (χ4n) is 6.04. The summed E-state index contributed by atoms with van der Waals surface area (Å²) in [7, 11) is -3.98. The van der Waals surface area contributed by atoms with Gasteiger partial charge in [0.25, 0.3) is 0 Å². The third kappa shape index (κ3) is 12.3. The molecule has 52 heavy (non-hydrogen) atoms. The summed E-state index contributed by atoms with van der Waals surface area (Å²) >= 11 is 0. The van der Waals surface area contributed by atoms with Crippen molar-refractivity contribution in [2.75, 3.05) is 24.7 Å². The molecular formula is C43H48O7PS+. The van der Waals surface area contributed by atoms with Gasteiger partial charge < -0.3 is 14.2 Å². The Labute approximate surface area is 311 Å². The first kappa shape index (κ1) is 38.2. The molecule has 0 amide bonds. The molecule has 1 aliphatic rings.